The molecule has 0 bridgehead atoms. The van der Waals surface area contributed by atoms with Crippen LogP contribution in [0.5, 0.6) is 5.75 Å². The molecule has 8 heteroatoms. The maximum absolute atomic E-state index is 13.5. The second-order valence-corrected chi connectivity index (χ2v) is 11.0. The second-order valence-electron chi connectivity index (χ2n) is 11.0. The highest BCUT2D eigenvalue weighted by Gasteiger charge is 2.28. The minimum Gasteiger partial charge on any atom is -0.504 e. The van der Waals surface area contributed by atoms with Crippen LogP contribution in [-0.4, -0.2) is 71.1 Å². The molecular formula is C32H40FN5O2. The number of hydrogen-bond donors (Lipinski definition) is 2. The third-order valence-corrected chi connectivity index (χ3v) is 8.31. The molecule has 5 rings (SSSR count). The highest BCUT2D eigenvalue weighted by atomic mass is 19.1. The Labute approximate surface area is 236 Å². The number of aromatic hydroxyl groups is 1. The van der Waals surface area contributed by atoms with Crippen LogP contribution in [-0.2, 0) is 19.5 Å². The fraction of sp³-hybridized carbons (Fsp3) is 0.438. The molecule has 3 heterocycles. The average molecular weight is 546 g/mol. The van der Waals surface area contributed by atoms with Crippen molar-refractivity contribution in [2.45, 2.75) is 52.2 Å². The van der Waals surface area contributed by atoms with Crippen molar-refractivity contribution in [3.05, 3.63) is 88.4 Å². The van der Waals surface area contributed by atoms with Crippen LogP contribution in [0.15, 0.2) is 54.7 Å². The van der Waals surface area contributed by atoms with Crippen LogP contribution in [0.1, 0.15) is 52.4 Å². The normalized spacial score (nSPS) is 17.2. The molecule has 212 valence electrons. The fourth-order valence-electron chi connectivity index (χ4n) is 5.79. The summed E-state index contributed by atoms with van der Waals surface area (Å²) in [7, 11) is 0. The zero-order valence-electron chi connectivity index (χ0n) is 23.6. The summed E-state index contributed by atoms with van der Waals surface area (Å²) in [6.45, 7) is 10.9. The summed E-state index contributed by atoms with van der Waals surface area (Å²) in [6, 6.07) is 15.9. The molecule has 2 N–H and O–H groups in total. The Morgan fingerprint density at radius 2 is 1.65 bits per heavy atom. The van der Waals surface area contributed by atoms with E-state index in [1.54, 1.807) is 19.1 Å². The number of nitrogens with one attached hydrogen (secondary N) is 1. The van der Waals surface area contributed by atoms with Gasteiger partial charge in [-0.05, 0) is 73.7 Å². The Kier molecular flexibility index (Phi) is 8.97. The van der Waals surface area contributed by atoms with Crippen molar-refractivity contribution in [2.75, 3.05) is 44.2 Å². The van der Waals surface area contributed by atoms with Crippen molar-refractivity contribution in [1.82, 2.24) is 20.1 Å². The van der Waals surface area contributed by atoms with E-state index in [9.17, 15) is 14.3 Å². The number of carbonyl (C=O) groups is 1. The largest absolute Gasteiger partial charge is 0.504 e. The summed E-state index contributed by atoms with van der Waals surface area (Å²) in [5.41, 5.74) is 4.43. The first-order chi connectivity index (χ1) is 19.4. The van der Waals surface area contributed by atoms with Gasteiger partial charge in [0, 0.05) is 51.5 Å². The highest BCUT2D eigenvalue weighted by molar-refractivity contribution is 5.94. The van der Waals surface area contributed by atoms with Crippen LogP contribution in [0.25, 0.3) is 0 Å². The van der Waals surface area contributed by atoms with E-state index in [0.717, 1.165) is 57.8 Å². The van der Waals surface area contributed by atoms with Crippen molar-refractivity contribution in [3.8, 4) is 5.75 Å². The second kappa shape index (κ2) is 12.8. The van der Waals surface area contributed by atoms with Gasteiger partial charge in [0.15, 0.2) is 11.6 Å². The molecule has 0 atom stereocenters. The third kappa shape index (κ3) is 6.80. The molecule has 2 aliphatic rings. The predicted octanol–water partition coefficient (Wildman–Crippen LogP) is 4.51. The van der Waals surface area contributed by atoms with Gasteiger partial charge in [0.05, 0.1) is 5.56 Å². The van der Waals surface area contributed by atoms with Gasteiger partial charge in [0.2, 0.25) is 0 Å². The van der Waals surface area contributed by atoms with Gasteiger partial charge in [-0.25, -0.2) is 9.37 Å². The molecule has 2 aliphatic heterocycles. The topological polar surface area (TPSA) is 71.9 Å². The number of anilines is 1. The Morgan fingerprint density at radius 1 is 0.975 bits per heavy atom. The Hall–Kier alpha value is -3.49. The fourth-order valence-corrected chi connectivity index (χ4v) is 5.79. The first-order valence-corrected chi connectivity index (χ1v) is 14.4. The maximum Gasteiger partial charge on any atom is 0.253 e. The number of nitrogens with zero attached hydrogens (tertiary/aromatic N) is 4. The SMILES string of the molecule is CCc1ccc(CN2CCC(N3CCN(c4ncc(C(=O)NCc5ccc(F)c(C)c5)cc4O)CC3)CC2)cc1. The molecular weight excluding hydrogens is 505 g/mol. The van der Waals surface area contributed by atoms with Crippen LogP contribution in [0, 0.1) is 12.7 Å². The molecule has 2 fully saturated rings. The van der Waals surface area contributed by atoms with Gasteiger partial charge in [-0.3, -0.25) is 14.6 Å². The summed E-state index contributed by atoms with van der Waals surface area (Å²) in [5.74, 6) is -0.0611. The molecule has 0 radical (unpaired) electrons. The number of benzene rings is 2. The molecule has 40 heavy (non-hydrogen) atoms. The van der Waals surface area contributed by atoms with Gasteiger partial charge in [0.1, 0.15) is 5.82 Å². The summed E-state index contributed by atoms with van der Waals surface area (Å²) < 4.78 is 13.5. The molecule has 0 spiro atoms. The highest BCUT2D eigenvalue weighted by Crippen LogP contribution is 2.28. The number of carbonyl (C=O) groups excluding carboxylic acids is 1. The zero-order chi connectivity index (χ0) is 28.1. The quantitative estimate of drug-likeness (QED) is 0.434. The van der Waals surface area contributed by atoms with E-state index in [1.807, 2.05) is 0 Å². The van der Waals surface area contributed by atoms with Crippen molar-refractivity contribution >= 4 is 11.7 Å². The van der Waals surface area contributed by atoms with Crippen LogP contribution in [0.3, 0.4) is 0 Å². The van der Waals surface area contributed by atoms with Crippen molar-refractivity contribution in [2.24, 2.45) is 0 Å². The molecule has 0 unspecified atom stereocenters. The van der Waals surface area contributed by atoms with Crippen LogP contribution >= 0.6 is 0 Å². The van der Waals surface area contributed by atoms with E-state index in [0.29, 0.717) is 23.0 Å². The minimum absolute atomic E-state index is 0.0130. The van der Waals surface area contributed by atoms with Gasteiger partial charge in [-0.1, -0.05) is 43.3 Å². The number of pyridine rings is 1. The summed E-state index contributed by atoms with van der Waals surface area (Å²) in [5, 5.41) is 13.5. The number of aromatic nitrogens is 1. The van der Waals surface area contributed by atoms with Crippen LogP contribution in [0.4, 0.5) is 10.2 Å². The Morgan fingerprint density at radius 3 is 2.30 bits per heavy atom. The van der Waals surface area contributed by atoms with Crippen LogP contribution < -0.4 is 10.2 Å². The first-order valence-electron chi connectivity index (χ1n) is 14.4. The van der Waals surface area contributed by atoms with E-state index < -0.39 is 0 Å². The van der Waals surface area contributed by atoms with E-state index in [2.05, 4.69) is 56.2 Å². The Balaban J connectivity index is 1.08. The van der Waals surface area contributed by atoms with Crippen molar-refractivity contribution < 1.29 is 14.3 Å². The zero-order valence-corrected chi connectivity index (χ0v) is 23.6. The number of piperidine rings is 1. The number of likely N-dealkylation sites (tertiary alicyclic amines) is 1. The number of amides is 1. The number of rotatable bonds is 8. The van der Waals surface area contributed by atoms with Crippen molar-refractivity contribution in [1.29, 1.82) is 0 Å². The molecule has 2 aromatic carbocycles. The molecule has 7 nitrogen and oxygen atoms in total. The van der Waals surface area contributed by atoms with Gasteiger partial charge < -0.3 is 15.3 Å². The summed E-state index contributed by atoms with van der Waals surface area (Å²) >= 11 is 0. The number of hydrogen-bond acceptors (Lipinski definition) is 6. The Bertz CT molecular complexity index is 1300. The number of aryl methyl sites for hydroxylation is 2. The minimum atomic E-state index is -0.328. The van der Waals surface area contributed by atoms with Gasteiger partial charge in [-0.2, -0.15) is 0 Å². The van der Waals surface area contributed by atoms with E-state index >= 15 is 0 Å². The lowest BCUT2D eigenvalue weighted by atomic mass is 10.0. The lowest BCUT2D eigenvalue weighted by Gasteiger charge is -2.43. The third-order valence-electron chi connectivity index (χ3n) is 8.31. The average Bonchev–Trinajstić information content (AvgIpc) is 2.98. The van der Waals surface area contributed by atoms with Crippen LogP contribution in [0.2, 0.25) is 0 Å². The van der Waals surface area contributed by atoms with E-state index in [4.69, 9.17) is 0 Å². The monoisotopic (exact) mass is 545 g/mol. The molecule has 2 saturated heterocycles. The van der Waals surface area contributed by atoms with Gasteiger partial charge in [-0.15, -0.1) is 0 Å². The number of halogens is 1. The molecule has 1 aromatic heterocycles. The predicted molar refractivity (Wildman–Crippen MR) is 156 cm³/mol. The number of piperazine rings is 1. The summed E-state index contributed by atoms with van der Waals surface area (Å²) in [6.07, 6.45) is 4.95. The van der Waals surface area contributed by atoms with E-state index in [1.165, 1.54) is 42.3 Å². The molecule has 0 saturated carbocycles. The first kappa shape index (κ1) is 28.1. The smallest absolute Gasteiger partial charge is 0.253 e. The standard InChI is InChI=1S/C32H40FN5O2/c1-3-24-4-6-25(7-5-24)22-36-12-10-28(11-13-36)37-14-16-38(17-15-37)31-30(39)19-27(21-34-31)32(40)35-20-26-8-9-29(33)23(2)18-26/h4-9,18-19,21,28,39H,3,10-17,20,22H2,1-2H3,(H,35,40). The molecule has 0 aliphatic carbocycles. The molecule has 1 amide bonds. The summed E-state index contributed by atoms with van der Waals surface area (Å²) in [4.78, 5) is 24.3. The lowest BCUT2D eigenvalue weighted by Crippen LogP contribution is -2.53. The van der Waals surface area contributed by atoms with E-state index in [-0.39, 0.29) is 24.0 Å². The van der Waals surface area contributed by atoms with Crippen molar-refractivity contribution in [3.63, 3.8) is 0 Å². The van der Waals surface area contributed by atoms with Gasteiger partial charge in [0.25, 0.3) is 5.91 Å². The molecule has 3 aromatic rings. The van der Waals surface area contributed by atoms with Gasteiger partial charge >= 0.3 is 0 Å². The maximum atomic E-state index is 13.5. The lowest BCUT2D eigenvalue weighted by molar-refractivity contribution is 0.0950.